The van der Waals surface area contributed by atoms with Gasteiger partial charge >= 0.3 is 12.0 Å². The number of aliphatic imine (C=N–C) groups is 1. The molecule has 2 amide bonds. The third-order valence-corrected chi connectivity index (χ3v) is 2.82. The Balaban J connectivity index is 2.36. The fraction of sp³-hybridized carbons (Fsp3) is 0.417. The Kier molecular flexibility index (Phi) is 3.84. The summed E-state index contributed by atoms with van der Waals surface area (Å²) in [4.78, 5) is 35.1. The number of ether oxygens (including phenoxy) is 1. The second kappa shape index (κ2) is 5.55. The number of urea groups is 1. The highest BCUT2D eigenvalue weighted by Crippen LogP contribution is 2.26. The highest BCUT2D eigenvalue weighted by molar-refractivity contribution is 6.08. The van der Waals surface area contributed by atoms with Crippen LogP contribution in [0.4, 0.5) is 4.79 Å². The van der Waals surface area contributed by atoms with Gasteiger partial charge in [0.15, 0.2) is 0 Å². The first-order valence-electron chi connectivity index (χ1n) is 5.90. The summed E-state index contributed by atoms with van der Waals surface area (Å²) in [6, 6.07) is -1.03. The molecule has 1 N–H and O–H groups in total. The molecule has 0 radical (unpaired) electrons. The van der Waals surface area contributed by atoms with Crippen LogP contribution in [0.15, 0.2) is 23.7 Å². The monoisotopic (exact) mass is 262 g/mol. The molecule has 0 aromatic carbocycles. The Bertz CT molecular complexity index is 515. The van der Waals surface area contributed by atoms with Crippen LogP contribution >= 0.6 is 0 Å². The van der Waals surface area contributed by atoms with Gasteiger partial charge in [-0.15, -0.1) is 0 Å². The fourth-order valence-electron chi connectivity index (χ4n) is 2.01. The molecular formula is C12H14N4O3. The van der Waals surface area contributed by atoms with Crippen molar-refractivity contribution in [2.24, 2.45) is 10.9 Å². The Morgan fingerprint density at radius 3 is 2.74 bits per heavy atom. The van der Waals surface area contributed by atoms with Crippen LogP contribution in [0, 0.1) is 5.92 Å². The zero-order valence-corrected chi connectivity index (χ0v) is 10.7. The molecule has 1 aromatic rings. The van der Waals surface area contributed by atoms with Gasteiger partial charge < -0.3 is 10.1 Å². The van der Waals surface area contributed by atoms with Crippen molar-refractivity contribution in [3.05, 3.63) is 24.3 Å². The molecule has 7 nitrogen and oxygen atoms in total. The predicted octanol–water partition coefficient (Wildman–Crippen LogP) is 0.881. The van der Waals surface area contributed by atoms with Crippen molar-refractivity contribution >= 4 is 17.7 Å². The maximum atomic E-state index is 12.0. The third kappa shape index (κ3) is 2.75. The number of hydrogen-bond acceptors (Lipinski definition) is 5. The molecule has 1 aliphatic heterocycles. The topological polar surface area (TPSA) is 93.5 Å². The van der Waals surface area contributed by atoms with Crippen molar-refractivity contribution < 1.29 is 14.3 Å². The number of nitrogens with zero attached hydrogens (tertiary/aromatic N) is 3. The number of esters is 1. The summed E-state index contributed by atoms with van der Waals surface area (Å²) in [5, 5.41) is 2.65. The number of rotatable bonds is 3. The molecule has 19 heavy (non-hydrogen) atoms. The summed E-state index contributed by atoms with van der Waals surface area (Å²) in [6.45, 7) is 3.64. The zero-order valence-electron chi connectivity index (χ0n) is 10.7. The molecule has 2 atom stereocenters. The van der Waals surface area contributed by atoms with Gasteiger partial charge in [0.05, 0.1) is 12.6 Å². The molecule has 2 unspecified atom stereocenters. The lowest BCUT2D eigenvalue weighted by Gasteiger charge is -2.29. The van der Waals surface area contributed by atoms with E-state index in [0.717, 1.165) is 0 Å². The van der Waals surface area contributed by atoms with Crippen molar-refractivity contribution in [2.75, 3.05) is 6.61 Å². The Labute approximate surface area is 110 Å². The van der Waals surface area contributed by atoms with E-state index < -0.39 is 24.0 Å². The fourth-order valence-corrected chi connectivity index (χ4v) is 2.01. The number of hydrogen-bond donors (Lipinski definition) is 1. The molecule has 100 valence electrons. The standard InChI is InChI=1S/C12H14N4O3/c1-3-19-11(17)9-7(2)15-12(18)16-10(9)8-4-13-6-14-5-8/h4-6,9-10H,3H2,1-2H3,(H,16,18). The zero-order chi connectivity index (χ0) is 13.8. The van der Waals surface area contributed by atoms with E-state index in [1.54, 1.807) is 26.2 Å². The Morgan fingerprint density at radius 1 is 1.42 bits per heavy atom. The van der Waals surface area contributed by atoms with Gasteiger partial charge in [0.25, 0.3) is 0 Å². The summed E-state index contributed by atoms with van der Waals surface area (Å²) >= 11 is 0. The van der Waals surface area contributed by atoms with E-state index >= 15 is 0 Å². The molecule has 2 rings (SSSR count). The van der Waals surface area contributed by atoms with E-state index in [0.29, 0.717) is 11.3 Å². The first-order valence-corrected chi connectivity index (χ1v) is 5.90. The van der Waals surface area contributed by atoms with Crippen molar-refractivity contribution in [3.63, 3.8) is 0 Å². The van der Waals surface area contributed by atoms with Crippen LogP contribution in [0.25, 0.3) is 0 Å². The minimum atomic E-state index is -0.649. The highest BCUT2D eigenvalue weighted by Gasteiger charge is 2.38. The molecule has 1 aliphatic rings. The van der Waals surface area contributed by atoms with Crippen molar-refractivity contribution in [3.8, 4) is 0 Å². The van der Waals surface area contributed by atoms with Gasteiger partial charge in [-0.3, -0.25) is 4.79 Å². The molecule has 0 saturated heterocycles. The lowest BCUT2D eigenvalue weighted by atomic mass is 9.89. The van der Waals surface area contributed by atoms with Gasteiger partial charge in [0.1, 0.15) is 12.2 Å². The smallest absolute Gasteiger partial charge is 0.341 e. The van der Waals surface area contributed by atoms with Gasteiger partial charge in [-0.2, -0.15) is 0 Å². The second-order valence-corrected chi connectivity index (χ2v) is 4.08. The third-order valence-electron chi connectivity index (χ3n) is 2.82. The van der Waals surface area contributed by atoms with Gasteiger partial charge in [0.2, 0.25) is 0 Å². The molecule has 7 heteroatoms. The maximum Gasteiger partial charge on any atom is 0.341 e. The SMILES string of the molecule is CCOC(=O)C1C(C)=NC(=O)NC1c1cncnc1. The minimum Gasteiger partial charge on any atom is -0.465 e. The number of carbonyl (C=O) groups is 2. The Morgan fingerprint density at radius 2 is 2.11 bits per heavy atom. The van der Waals surface area contributed by atoms with Crippen LogP contribution in [-0.4, -0.2) is 34.3 Å². The molecule has 0 saturated carbocycles. The van der Waals surface area contributed by atoms with E-state index in [4.69, 9.17) is 4.74 Å². The molecule has 2 heterocycles. The summed E-state index contributed by atoms with van der Waals surface area (Å²) in [5.74, 6) is -1.07. The van der Waals surface area contributed by atoms with Crippen LogP contribution in [0.3, 0.4) is 0 Å². The number of carbonyl (C=O) groups excluding carboxylic acids is 2. The van der Waals surface area contributed by atoms with Gasteiger partial charge in [0, 0.05) is 23.7 Å². The first-order chi connectivity index (χ1) is 9.13. The van der Waals surface area contributed by atoms with E-state index in [1.807, 2.05) is 0 Å². The summed E-state index contributed by atoms with van der Waals surface area (Å²) in [6.07, 6.45) is 4.50. The summed E-state index contributed by atoms with van der Waals surface area (Å²) < 4.78 is 5.03. The largest absolute Gasteiger partial charge is 0.465 e. The summed E-state index contributed by atoms with van der Waals surface area (Å²) in [5.41, 5.74) is 1.07. The van der Waals surface area contributed by atoms with Crippen LogP contribution in [0.2, 0.25) is 0 Å². The second-order valence-electron chi connectivity index (χ2n) is 4.08. The molecule has 0 bridgehead atoms. The highest BCUT2D eigenvalue weighted by atomic mass is 16.5. The molecule has 0 fully saturated rings. The summed E-state index contributed by atoms with van der Waals surface area (Å²) in [7, 11) is 0. The Hall–Kier alpha value is -2.31. The molecular weight excluding hydrogens is 248 g/mol. The van der Waals surface area contributed by atoms with Crippen molar-refractivity contribution in [2.45, 2.75) is 19.9 Å². The normalized spacial score (nSPS) is 22.4. The van der Waals surface area contributed by atoms with Gasteiger partial charge in [-0.05, 0) is 13.8 Å². The lowest BCUT2D eigenvalue weighted by Crippen LogP contribution is -2.44. The van der Waals surface area contributed by atoms with Crippen LogP contribution in [0.1, 0.15) is 25.5 Å². The van der Waals surface area contributed by atoms with E-state index in [1.165, 1.54) is 6.33 Å². The van der Waals surface area contributed by atoms with Crippen LogP contribution in [0.5, 0.6) is 0 Å². The minimum absolute atomic E-state index is 0.272. The van der Waals surface area contributed by atoms with Crippen LogP contribution in [-0.2, 0) is 9.53 Å². The van der Waals surface area contributed by atoms with E-state index in [2.05, 4.69) is 20.3 Å². The van der Waals surface area contributed by atoms with Crippen molar-refractivity contribution in [1.29, 1.82) is 0 Å². The maximum absolute atomic E-state index is 12.0. The van der Waals surface area contributed by atoms with Crippen molar-refractivity contribution in [1.82, 2.24) is 15.3 Å². The van der Waals surface area contributed by atoms with Gasteiger partial charge in [-0.1, -0.05) is 0 Å². The molecule has 0 spiro atoms. The van der Waals surface area contributed by atoms with Gasteiger partial charge in [-0.25, -0.2) is 19.8 Å². The quantitative estimate of drug-likeness (QED) is 0.816. The average Bonchev–Trinajstić information content (AvgIpc) is 2.39. The number of nitrogens with one attached hydrogen (secondary N) is 1. The molecule has 1 aromatic heterocycles. The van der Waals surface area contributed by atoms with Crippen LogP contribution < -0.4 is 5.32 Å². The van der Waals surface area contributed by atoms with E-state index in [9.17, 15) is 9.59 Å². The number of aromatic nitrogens is 2. The number of amides is 2. The first kappa shape index (κ1) is 13.1. The lowest BCUT2D eigenvalue weighted by molar-refractivity contribution is -0.146. The predicted molar refractivity (Wildman–Crippen MR) is 66.5 cm³/mol. The average molecular weight is 262 g/mol. The molecule has 0 aliphatic carbocycles. The van der Waals surface area contributed by atoms with E-state index in [-0.39, 0.29) is 6.61 Å².